The van der Waals surface area contributed by atoms with E-state index in [1.165, 1.54) is 6.26 Å². The van der Waals surface area contributed by atoms with Gasteiger partial charge < -0.3 is 10.5 Å². The van der Waals surface area contributed by atoms with Crippen molar-refractivity contribution in [2.45, 2.75) is 12.8 Å². The maximum atomic E-state index is 11.0. The minimum atomic E-state index is -2.93. The summed E-state index contributed by atoms with van der Waals surface area (Å²) in [5.74, 6) is 0.807. The van der Waals surface area contributed by atoms with Crippen molar-refractivity contribution in [3.05, 3.63) is 28.8 Å². The molecule has 4 nitrogen and oxygen atoms in total. The largest absolute Gasteiger partial charge is 0.493 e. The minimum absolute atomic E-state index is 0.125. The summed E-state index contributed by atoms with van der Waals surface area (Å²) in [5.41, 5.74) is 6.39. The van der Waals surface area contributed by atoms with Crippen molar-refractivity contribution < 1.29 is 13.2 Å². The fourth-order valence-electron chi connectivity index (χ4n) is 1.56. The molecule has 0 bridgehead atoms. The van der Waals surface area contributed by atoms with E-state index in [1.54, 1.807) is 12.1 Å². The van der Waals surface area contributed by atoms with Crippen LogP contribution in [0.25, 0.3) is 0 Å². The van der Waals surface area contributed by atoms with Crippen molar-refractivity contribution in [3.8, 4) is 5.75 Å². The van der Waals surface area contributed by atoms with Gasteiger partial charge in [0.1, 0.15) is 15.6 Å². The lowest BCUT2D eigenvalue weighted by Crippen LogP contribution is -2.10. The van der Waals surface area contributed by atoms with Gasteiger partial charge in [-0.2, -0.15) is 0 Å². The first-order valence-corrected chi connectivity index (χ1v) is 8.16. The Morgan fingerprint density at radius 3 is 2.72 bits per heavy atom. The standard InChI is InChI=1S/C12H18ClNO3S/c1-18(15,16)9-3-8-17-12-5-2-4-11(13)10(12)6-7-14/h2,4-5H,3,6-9,14H2,1H3. The van der Waals surface area contributed by atoms with Crippen LogP contribution in [0.1, 0.15) is 12.0 Å². The molecule has 18 heavy (non-hydrogen) atoms. The van der Waals surface area contributed by atoms with Crippen molar-refractivity contribution in [2.75, 3.05) is 25.2 Å². The monoisotopic (exact) mass is 291 g/mol. The molecule has 0 aliphatic carbocycles. The third-order valence-corrected chi connectivity index (χ3v) is 3.77. The van der Waals surface area contributed by atoms with Crippen LogP contribution in [0.5, 0.6) is 5.75 Å². The average Bonchev–Trinajstić information content (AvgIpc) is 2.27. The smallest absolute Gasteiger partial charge is 0.147 e. The number of halogens is 1. The Balaban J connectivity index is 2.59. The van der Waals surface area contributed by atoms with Crippen LogP contribution in [0.3, 0.4) is 0 Å². The number of sulfone groups is 1. The molecule has 0 radical (unpaired) electrons. The first-order chi connectivity index (χ1) is 8.44. The highest BCUT2D eigenvalue weighted by molar-refractivity contribution is 7.90. The van der Waals surface area contributed by atoms with E-state index in [-0.39, 0.29) is 5.75 Å². The molecule has 0 saturated heterocycles. The molecule has 0 atom stereocenters. The molecule has 0 amide bonds. The molecule has 0 aromatic heterocycles. The van der Waals surface area contributed by atoms with Gasteiger partial charge >= 0.3 is 0 Å². The summed E-state index contributed by atoms with van der Waals surface area (Å²) >= 11 is 6.06. The van der Waals surface area contributed by atoms with Crippen LogP contribution < -0.4 is 10.5 Å². The second-order valence-electron chi connectivity index (χ2n) is 4.09. The molecule has 0 spiro atoms. The number of nitrogens with two attached hydrogens (primary N) is 1. The van der Waals surface area contributed by atoms with Crippen molar-refractivity contribution in [2.24, 2.45) is 5.73 Å². The number of ether oxygens (including phenoxy) is 1. The topological polar surface area (TPSA) is 69.4 Å². The van der Waals surface area contributed by atoms with E-state index in [4.69, 9.17) is 22.1 Å². The highest BCUT2D eigenvalue weighted by Crippen LogP contribution is 2.26. The van der Waals surface area contributed by atoms with Gasteiger partial charge in [-0.05, 0) is 31.5 Å². The van der Waals surface area contributed by atoms with Crippen molar-refractivity contribution in [3.63, 3.8) is 0 Å². The first-order valence-electron chi connectivity index (χ1n) is 5.72. The van der Waals surface area contributed by atoms with Crippen molar-refractivity contribution in [1.29, 1.82) is 0 Å². The molecule has 2 N–H and O–H groups in total. The summed E-state index contributed by atoms with van der Waals surface area (Å²) in [5, 5.41) is 0.626. The van der Waals surface area contributed by atoms with E-state index < -0.39 is 9.84 Å². The van der Waals surface area contributed by atoms with Crippen LogP contribution >= 0.6 is 11.6 Å². The highest BCUT2D eigenvalue weighted by Gasteiger charge is 2.08. The molecule has 1 rings (SSSR count). The van der Waals surface area contributed by atoms with Crippen molar-refractivity contribution >= 4 is 21.4 Å². The van der Waals surface area contributed by atoms with Crippen LogP contribution in [0, 0.1) is 0 Å². The Bertz CT molecular complexity index is 488. The second kappa shape index (κ2) is 6.97. The Labute approximate surface area is 113 Å². The predicted molar refractivity (Wildman–Crippen MR) is 74.0 cm³/mol. The maximum absolute atomic E-state index is 11.0. The van der Waals surface area contributed by atoms with E-state index in [1.807, 2.05) is 6.07 Å². The number of rotatable bonds is 7. The summed E-state index contributed by atoms with van der Waals surface area (Å²) in [6, 6.07) is 5.40. The van der Waals surface area contributed by atoms with E-state index in [9.17, 15) is 8.42 Å². The number of hydrogen-bond donors (Lipinski definition) is 1. The van der Waals surface area contributed by atoms with Gasteiger partial charge in [-0.15, -0.1) is 0 Å². The predicted octanol–water partition coefficient (Wildman–Crippen LogP) is 1.65. The van der Waals surface area contributed by atoms with Crippen molar-refractivity contribution in [1.82, 2.24) is 0 Å². The summed E-state index contributed by atoms with van der Waals surface area (Å²) in [7, 11) is -2.93. The molecule has 6 heteroatoms. The van der Waals surface area contributed by atoms with Gasteiger partial charge in [0, 0.05) is 16.8 Å². The van der Waals surface area contributed by atoms with Gasteiger partial charge in [0.05, 0.1) is 12.4 Å². The molecular weight excluding hydrogens is 274 g/mol. The van der Waals surface area contributed by atoms with Gasteiger partial charge in [0.2, 0.25) is 0 Å². The summed E-state index contributed by atoms with van der Waals surface area (Å²) in [6.07, 6.45) is 2.32. The molecule has 0 fully saturated rings. The normalized spacial score (nSPS) is 11.5. The molecule has 0 aliphatic rings. The van der Waals surface area contributed by atoms with E-state index in [0.29, 0.717) is 36.8 Å². The van der Waals surface area contributed by atoms with Crippen LogP contribution in [0.4, 0.5) is 0 Å². The first kappa shape index (κ1) is 15.3. The fourth-order valence-corrected chi connectivity index (χ4v) is 2.47. The Kier molecular flexibility index (Phi) is 5.91. The third kappa shape index (κ3) is 5.25. The molecule has 0 unspecified atom stereocenters. The van der Waals surface area contributed by atoms with Crippen LogP contribution in [-0.4, -0.2) is 33.6 Å². The average molecular weight is 292 g/mol. The Morgan fingerprint density at radius 2 is 2.11 bits per heavy atom. The minimum Gasteiger partial charge on any atom is -0.493 e. The van der Waals surface area contributed by atoms with Crippen LogP contribution in [0.15, 0.2) is 18.2 Å². The maximum Gasteiger partial charge on any atom is 0.147 e. The zero-order valence-electron chi connectivity index (χ0n) is 10.4. The molecular formula is C12H18ClNO3S. The zero-order valence-corrected chi connectivity index (χ0v) is 11.9. The van der Waals surface area contributed by atoms with Gasteiger partial charge in [0.25, 0.3) is 0 Å². The lowest BCUT2D eigenvalue weighted by molar-refractivity contribution is 0.314. The van der Waals surface area contributed by atoms with Crippen LogP contribution in [0.2, 0.25) is 5.02 Å². The lowest BCUT2D eigenvalue weighted by Gasteiger charge is -2.12. The quantitative estimate of drug-likeness (QED) is 0.776. The molecule has 0 heterocycles. The van der Waals surface area contributed by atoms with E-state index in [0.717, 1.165) is 5.56 Å². The molecule has 1 aromatic carbocycles. The Hall–Kier alpha value is -0.780. The molecule has 0 aliphatic heterocycles. The zero-order chi connectivity index (χ0) is 13.6. The molecule has 0 saturated carbocycles. The Morgan fingerprint density at radius 1 is 1.39 bits per heavy atom. The summed E-state index contributed by atoms with van der Waals surface area (Å²) < 4.78 is 27.5. The fraction of sp³-hybridized carbons (Fsp3) is 0.500. The van der Waals surface area contributed by atoms with E-state index >= 15 is 0 Å². The van der Waals surface area contributed by atoms with E-state index in [2.05, 4.69) is 0 Å². The number of hydrogen-bond acceptors (Lipinski definition) is 4. The second-order valence-corrected chi connectivity index (χ2v) is 6.75. The number of benzene rings is 1. The van der Waals surface area contributed by atoms with Crippen LogP contribution in [-0.2, 0) is 16.3 Å². The highest BCUT2D eigenvalue weighted by atomic mass is 35.5. The summed E-state index contributed by atoms with van der Waals surface area (Å²) in [4.78, 5) is 0. The lowest BCUT2D eigenvalue weighted by atomic mass is 10.1. The third-order valence-electron chi connectivity index (χ3n) is 2.39. The van der Waals surface area contributed by atoms with Gasteiger partial charge in [0.15, 0.2) is 0 Å². The van der Waals surface area contributed by atoms with Gasteiger partial charge in [-0.3, -0.25) is 0 Å². The van der Waals surface area contributed by atoms with Gasteiger partial charge in [-0.1, -0.05) is 17.7 Å². The molecule has 102 valence electrons. The SMILES string of the molecule is CS(=O)(=O)CCCOc1cccc(Cl)c1CCN. The summed E-state index contributed by atoms with van der Waals surface area (Å²) in [6.45, 7) is 0.842. The van der Waals surface area contributed by atoms with Gasteiger partial charge in [-0.25, -0.2) is 8.42 Å². The molecule has 1 aromatic rings.